The quantitative estimate of drug-likeness (QED) is 0.583. The highest BCUT2D eigenvalue weighted by atomic mass is 35.5. The summed E-state index contributed by atoms with van der Waals surface area (Å²) in [5, 5.41) is 18.8. The summed E-state index contributed by atoms with van der Waals surface area (Å²) in [7, 11) is 1.92. The van der Waals surface area contributed by atoms with Crippen LogP contribution in [0.4, 0.5) is 0 Å². The zero-order chi connectivity index (χ0) is 25.2. The van der Waals surface area contributed by atoms with Gasteiger partial charge in [-0.05, 0) is 62.6 Å². The first kappa shape index (κ1) is 25.7. The van der Waals surface area contributed by atoms with Gasteiger partial charge >= 0.3 is 0 Å². The Bertz CT molecular complexity index is 1040. The standard InChI is InChI=1S/C28H36ClN3O3/c1-27(2)18-32(16-15-28(27,35)20-9-11-21(29)12-10-20)26(34)23-17-22(30-3)13-14-24(23)31-25(33)19-7-5-4-6-8-19/h4-12,22-24,30,35H,13-18H2,1-3H3,(H,31,33)/t22?,23-,24-,28+/m1/s1. The highest BCUT2D eigenvalue weighted by molar-refractivity contribution is 6.30. The second-order valence-corrected chi connectivity index (χ2v) is 11.0. The molecule has 2 aromatic carbocycles. The molecule has 35 heavy (non-hydrogen) atoms. The van der Waals surface area contributed by atoms with Gasteiger partial charge in [0.05, 0.1) is 11.5 Å². The molecule has 1 saturated heterocycles. The summed E-state index contributed by atoms with van der Waals surface area (Å²) in [6.45, 7) is 4.91. The number of piperidine rings is 1. The monoisotopic (exact) mass is 497 g/mol. The van der Waals surface area contributed by atoms with Crippen molar-refractivity contribution in [1.29, 1.82) is 0 Å². The van der Waals surface area contributed by atoms with Gasteiger partial charge < -0.3 is 20.6 Å². The number of hydrogen-bond donors (Lipinski definition) is 3. The zero-order valence-electron chi connectivity index (χ0n) is 20.8. The Morgan fingerprint density at radius 2 is 1.74 bits per heavy atom. The molecule has 1 aliphatic carbocycles. The number of carbonyl (C=O) groups excluding carboxylic acids is 2. The fourth-order valence-electron chi connectivity index (χ4n) is 5.73. The second-order valence-electron chi connectivity index (χ2n) is 10.6. The number of likely N-dealkylation sites (tertiary alicyclic amines) is 1. The van der Waals surface area contributed by atoms with E-state index in [9.17, 15) is 14.7 Å². The van der Waals surface area contributed by atoms with Crippen LogP contribution in [0.1, 0.15) is 55.5 Å². The van der Waals surface area contributed by atoms with E-state index in [1.54, 1.807) is 24.3 Å². The highest BCUT2D eigenvalue weighted by Gasteiger charge is 2.51. The molecular formula is C28H36ClN3O3. The van der Waals surface area contributed by atoms with Gasteiger partial charge in [-0.25, -0.2) is 0 Å². The molecule has 4 atom stereocenters. The fourth-order valence-corrected chi connectivity index (χ4v) is 5.85. The van der Waals surface area contributed by atoms with Gasteiger partial charge in [0, 0.05) is 41.2 Å². The molecule has 6 nitrogen and oxygen atoms in total. The maximum Gasteiger partial charge on any atom is 0.251 e. The smallest absolute Gasteiger partial charge is 0.251 e. The Kier molecular flexibility index (Phi) is 7.55. The lowest BCUT2D eigenvalue weighted by Crippen LogP contribution is -2.60. The van der Waals surface area contributed by atoms with Crippen LogP contribution >= 0.6 is 11.6 Å². The summed E-state index contributed by atoms with van der Waals surface area (Å²) < 4.78 is 0. The molecule has 0 radical (unpaired) electrons. The van der Waals surface area contributed by atoms with E-state index in [4.69, 9.17) is 11.6 Å². The zero-order valence-corrected chi connectivity index (χ0v) is 21.5. The third-order valence-corrected chi connectivity index (χ3v) is 8.26. The number of nitrogens with zero attached hydrogens (tertiary/aromatic N) is 1. The first-order chi connectivity index (χ1) is 16.6. The lowest BCUT2D eigenvalue weighted by atomic mass is 9.66. The molecule has 2 aromatic rings. The lowest BCUT2D eigenvalue weighted by Gasteiger charge is -2.51. The van der Waals surface area contributed by atoms with Crippen molar-refractivity contribution in [3.8, 4) is 0 Å². The minimum Gasteiger partial charge on any atom is -0.384 e. The van der Waals surface area contributed by atoms with E-state index >= 15 is 0 Å². The predicted molar refractivity (Wildman–Crippen MR) is 138 cm³/mol. The van der Waals surface area contributed by atoms with Gasteiger partial charge in [0.25, 0.3) is 5.91 Å². The molecule has 0 bridgehead atoms. The van der Waals surface area contributed by atoms with Crippen LogP contribution in [0.15, 0.2) is 54.6 Å². The molecule has 0 spiro atoms. The van der Waals surface area contributed by atoms with Crippen LogP contribution in [0.25, 0.3) is 0 Å². The molecule has 188 valence electrons. The maximum absolute atomic E-state index is 13.9. The number of nitrogens with one attached hydrogen (secondary N) is 2. The van der Waals surface area contributed by atoms with Crippen molar-refractivity contribution in [2.45, 2.75) is 57.2 Å². The van der Waals surface area contributed by atoms with Crippen molar-refractivity contribution in [3.63, 3.8) is 0 Å². The molecule has 0 aromatic heterocycles. The van der Waals surface area contributed by atoms with Crippen LogP contribution in [-0.4, -0.2) is 54.0 Å². The number of carbonyl (C=O) groups is 2. The minimum atomic E-state index is -1.06. The highest BCUT2D eigenvalue weighted by Crippen LogP contribution is 2.46. The Morgan fingerprint density at radius 1 is 1.06 bits per heavy atom. The Hall–Kier alpha value is -2.41. The summed E-state index contributed by atoms with van der Waals surface area (Å²) in [5.41, 5.74) is -0.203. The van der Waals surface area contributed by atoms with Crippen molar-refractivity contribution in [1.82, 2.24) is 15.5 Å². The van der Waals surface area contributed by atoms with Gasteiger partial charge in [0.1, 0.15) is 0 Å². The number of rotatable bonds is 5. The molecular weight excluding hydrogens is 462 g/mol. The van der Waals surface area contributed by atoms with E-state index in [-0.39, 0.29) is 29.8 Å². The first-order valence-corrected chi connectivity index (χ1v) is 12.8. The van der Waals surface area contributed by atoms with Gasteiger partial charge in [-0.15, -0.1) is 0 Å². The SMILES string of the molecule is CNC1CC[C@@H](NC(=O)c2ccccc2)[C@H](C(=O)N2CC[C@](O)(c3ccc(Cl)cc3)C(C)(C)C2)C1. The van der Waals surface area contributed by atoms with Crippen LogP contribution in [0.3, 0.4) is 0 Å². The number of benzene rings is 2. The van der Waals surface area contributed by atoms with Gasteiger partial charge in [-0.1, -0.05) is 55.8 Å². The van der Waals surface area contributed by atoms with Crippen LogP contribution in [-0.2, 0) is 10.4 Å². The molecule has 1 aliphatic heterocycles. The summed E-state index contributed by atoms with van der Waals surface area (Å²) in [5.74, 6) is -0.409. The minimum absolute atomic E-state index is 0.0505. The molecule has 1 heterocycles. The average molecular weight is 498 g/mol. The Morgan fingerprint density at radius 3 is 2.37 bits per heavy atom. The first-order valence-electron chi connectivity index (χ1n) is 12.4. The normalized spacial score (nSPS) is 28.4. The molecule has 4 rings (SSSR count). The van der Waals surface area contributed by atoms with E-state index in [1.807, 2.05) is 56.1 Å². The Balaban J connectivity index is 1.51. The van der Waals surface area contributed by atoms with E-state index < -0.39 is 11.0 Å². The van der Waals surface area contributed by atoms with Gasteiger partial charge in [0.2, 0.25) is 5.91 Å². The number of aliphatic hydroxyl groups is 1. The number of hydrogen-bond acceptors (Lipinski definition) is 4. The summed E-state index contributed by atoms with van der Waals surface area (Å²) in [6.07, 6.45) is 2.76. The summed E-state index contributed by atoms with van der Waals surface area (Å²) >= 11 is 6.06. The molecule has 1 saturated carbocycles. The van der Waals surface area contributed by atoms with E-state index in [0.717, 1.165) is 18.4 Å². The Labute approximate surface area is 213 Å². The van der Waals surface area contributed by atoms with Crippen molar-refractivity contribution in [3.05, 3.63) is 70.7 Å². The fraction of sp³-hybridized carbons (Fsp3) is 0.500. The van der Waals surface area contributed by atoms with E-state index in [0.29, 0.717) is 36.5 Å². The third kappa shape index (κ3) is 5.25. The van der Waals surface area contributed by atoms with Gasteiger partial charge in [-0.3, -0.25) is 9.59 Å². The summed E-state index contributed by atoms with van der Waals surface area (Å²) in [4.78, 5) is 28.6. The largest absolute Gasteiger partial charge is 0.384 e. The molecule has 2 fully saturated rings. The van der Waals surface area contributed by atoms with Crippen molar-refractivity contribution in [2.75, 3.05) is 20.1 Å². The molecule has 7 heteroatoms. The van der Waals surface area contributed by atoms with E-state index in [1.165, 1.54) is 0 Å². The van der Waals surface area contributed by atoms with Gasteiger partial charge in [0.15, 0.2) is 0 Å². The van der Waals surface area contributed by atoms with Crippen LogP contribution in [0.2, 0.25) is 5.02 Å². The maximum atomic E-state index is 13.9. The molecule has 2 aliphatic rings. The van der Waals surface area contributed by atoms with E-state index in [2.05, 4.69) is 10.6 Å². The third-order valence-electron chi connectivity index (χ3n) is 8.01. The van der Waals surface area contributed by atoms with Crippen LogP contribution in [0, 0.1) is 11.3 Å². The van der Waals surface area contributed by atoms with Crippen LogP contribution in [0.5, 0.6) is 0 Å². The number of amides is 2. The van der Waals surface area contributed by atoms with Crippen molar-refractivity contribution >= 4 is 23.4 Å². The van der Waals surface area contributed by atoms with Crippen molar-refractivity contribution in [2.24, 2.45) is 11.3 Å². The molecule has 2 amide bonds. The second kappa shape index (κ2) is 10.3. The average Bonchev–Trinajstić information content (AvgIpc) is 2.86. The number of halogens is 1. The molecule has 3 N–H and O–H groups in total. The lowest BCUT2D eigenvalue weighted by molar-refractivity contribution is -0.158. The summed E-state index contributed by atoms with van der Waals surface area (Å²) in [6, 6.07) is 16.5. The van der Waals surface area contributed by atoms with Gasteiger partial charge in [-0.2, -0.15) is 0 Å². The topological polar surface area (TPSA) is 81.7 Å². The van der Waals surface area contributed by atoms with Crippen molar-refractivity contribution < 1.29 is 14.7 Å². The molecule has 1 unspecified atom stereocenters. The predicted octanol–water partition coefficient (Wildman–Crippen LogP) is 3.97. The van der Waals surface area contributed by atoms with Crippen LogP contribution < -0.4 is 10.6 Å².